The molecular weight excluding hydrogens is 248 g/mol. The van der Waals surface area contributed by atoms with E-state index < -0.39 is 12.0 Å². The molecule has 6 nitrogen and oxygen atoms in total. The van der Waals surface area contributed by atoms with Gasteiger partial charge in [-0.25, -0.2) is 4.79 Å². The number of nitrogens with zero attached hydrogens (tertiary/aromatic N) is 1. The van der Waals surface area contributed by atoms with Gasteiger partial charge >= 0.3 is 5.97 Å². The van der Waals surface area contributed by atoms with Crippen molar-refractivity contribution in [3.05, 3.63) is 0 Å². The number of amides is 1. The molecule has 110 valence electrons. The monoisotopic (exact) mass is 272 g/mol. The van der Waals surface area contributed by atoms with E-state index in [1.807, 2.05) is 0 Å². The summed E-state index contributed by atoms with van der Waals surface area (Å²) in [5.74, 6) is -0.672. The van der Waals surface area contributed by atoms with E-state index in [4.69, 9.17) is 9.84 Å². The van der Waals surface area contributed by atoms with Gasteiger partial charge in [0.2, 0.25) is 5.91 Å². The number of nitrogens with one attached hydrogen (secondary N) is 1. The van der Waals surface area contributed by atoms with Crippen molar-refractivity contribution < 1.29 is 19.4 Å². The molecule has 1 fully saturated rings. The first kappa shape index (κ1) is 15.9. The van der Waals surface area contributed by atoms with Gasteiger partial charge in [0.15, 0.2) is 0 Å². The van der Waals surface area contributed by atoms with Crippen molar-refractivity contribution in [3.63, 3.8) is 0 Å². The van der Waals surface area contributed by atoms with Gasteiger partial charge in [-0.05, 0) is 19.3 Å². The van der Waals surface area contributed by atoms with Gasteiger partial charge in [0.25, 0.3) is 0 Å². The minimum absolute atomic E-state index is 0.131. The maximum atomic E-state index is 11.7. The van der Waals surface area contributed by atoms with Crippen LogP contribution in [0.25, 0.3) is 0 Å². The van der Waals surface area contributed by atoms with Crippen molar-refractivity contribution in [1.82, 2.24) is 10.2 Å². The number of carbonyl (C=O) groups excluding carboxylic acids is 2. The van der Waals surface area contributed by atoms with Crippen LogP contribution in [0.4, 0.5) is 0 Å². The normalized spacial score (nSPS) is 16.8. The topological polar surface area (TPSA) is 78.9 Å². The zero-order chi connectivity index (χ0) is 14.3. The second-order valence-corrected chi connectivity index (χ2v) is 4.93. The Morgan fingerprint density at radius 2 is 2.16 bits per heavy atom. The van der Waals surface area contributed by atoms with Crippen LogP contribution < -0.4 is 5.32 Å². The third-order valence-electron chi connectivity index (χ3n) is 3.47. The first-order valence-corrected chi connectivity index (χ1v) is 6.78. The van der Waals surface area contributed by atoms with E-state index in [0.717, 1.165) is 19.4 Å². The fourth-order valence-electron chi connectivity index (χ4n) is 2.25. The molecule has 1 rings (SSSR count). The predicted octanol–water partition coefficient (Wildman–Crippen LogP) is -0.0990. The Morgan fingerprint density at radius 1 is 1.47 bits per heavy atom. The standard InChI is InChI=1S/C13H24N2O4/c1-10(17)14-12(13(18)19-2)9-15(7-4-8-16)11-5-3-6-11/h11-12,16H,3-9H2,1-2H3,(H,14,17). The number of hydrogen-bond donors (Lipinski definition) is 2. The van der Waals surface area contributed by atoms with Crippen molar-refractivity contribution in [2.24, 2.45) is 0 Å². The quantitative estimate of drug-likeness (QED) is 0.603. The van der Waals surface area contributed by atoms with E-state index in [1.165, 1.54) is 20.5 Å². The SMILES string of the molecule is COC(=O)C(CN(CCCO)C1CCC1)NC(C)=O. The molecule has 1 saturated carbocycles. The lowest BCUT2D eigenvalue weighted by atomic mass is 9.91. The molecule has 0 bridgehead atoms. The maximum absolute atomic E-state index is 11.7. The summed E-state index contributed by atoms with van der Waals surface area (Å²) >= 11 is 0. The van der Waals surface area contributed by atoms with Crippen molar-refractivity contribution in [2.75, 3.05) is 26.8 Å². The molecule has 0 aromatic rings. The molecule has 19 heavy (non-hydrogen) atoms. The van der Waals surface area contributed by atoms with Crippen molar-refractivity contribution in [3.8, 4) is 0 Å². The zero-order valence-corrected chi connectivity index (χ0v) is 11.7. The first-order chi connectivity index (χ1) is 9.08. The molecule has 1 atom stereocenters. The summed E-state index contributed by atoms with van der Waals surface area (Å²) in [6.45, 7) is 2.69. The second kappa shape index (κ2) is 8.12. The van der Waals surface area contributed by atoms with Crippen LogP contribution in [0.2, 0.25) is 0 Å². The van der Waals surface area contributed by atoms with E-state index in [9.17, 15) is 9.59 Å². The Balaban J connectivity index is 2.59. The van der Waals surface area contributed by atoms with Gasteiger partial charge in [-0.2, -0.15) is 0 Å². The zero-order valence-electron chi connectivity index (χ0n) is 11.7. The molecule has 0 aromatic heterocycles. The predicted molar refractivity (Wildman–Crippen MR) is 70.5 cm³/mol. The van der Waals surface area contributed by atoms with Crippen LogP contribution in [-0.2, 0) is 14.3 Å². The lowest BCUT2D eigenvalue weighted by Crippen LogP contribution is -2.52. The van der Waals surface area contributed by atoms with Crippen LogP contribution in [0.5, 0.6) is 0 Å². The largest absolute Gasteiger partial charge is 0.467 e. The van der Waals surface area contributed by atoms with E-state index in [0.29, 0.717) is 19.0 Å². The molecule has 0 saturated heterocycles. The Morgan fingerprint density at radius 3 is 2.58 bits per heavy atom. The summed E-state index contributed by atoms with van der Waals surface area (Å²) < 4.78 is 4.72. The minimum atomic E-state index is -0.637. The molecule has 1 amide bonds. The van der Waals surface area contributed by atoms with E-state index in [-0.39, 0.29) is 12.5 Å². The van der Waals surface area contributed by atoms with E-state index >= 15 is 0 Å². The van der Waals surface area contributed by atoms with Crippen molar-refractivity contribution in [1.29, 1.82) is 0 Å². The molecule has 0 heterocycles. The number of rotatable bonds is 8. The van der Waals surface area contributed by atoms with Crippen LogP contribution in [0.3, 0.4) is 0 Å². The molecule has 0 aliphatic heterocycles. The molecule has 1 unspecified atom stereocenters. The number of carbonyl (C=O) groups is 2. The highest BCUT2D eigenvalue weighted by Crippen LogP contribution is 2.25. The molecule has 2 N–H and O–H groups in total. The molecule has 1 aliphatic rings. The summed E-state index contributed by atoms with van der Waals surface area (Å²) in [4.78, 5) is 25.0. The molecule has 0 radical (unpaired) electrons. The smallest absolute Gasteiger partial charge is 0.329 e. The van der Waals surface area contributed by atoms with Gasteiger partial charge in [0, 0.05) is 32.7 Å². The van der Waals surface area contributed by atoms with Gasteiger partial charge in [-0.3, -0.25) is 9.69 Å². The summed E-state index contributed by atoms with van der Waals surface area (Å²) in [6, 6.07) is -0.186. The third kappa shape index (κ3) is 5.16. The molecule has 6 heteroatoms. The fraction of sp³-hybridized carbons (Fsp3) is 0.846. The van der Waals surface area contributed by atoms with Crippen LogP contribution in [0, 0.1) is 0 Å². The Hall–Kier alpha value is -1.14. The highest BCUT2D eigenvalue weighted by atomic mass is 16.5. The van der Waals surface area contributed by atoms with Gasteiger partial charge < -0.3 is 15.2 Å². The van der Waals surface area contributed by atoms with Gasteiger partial charge in [0.05, 0.1) is 7.11 Å². The van der Waals surface area contributed by atoms with Gasteiger partial charge in [0.1, 0.15) is 6.04 Å². The lowest BCUT2D eigenvalue weighted by molar-refractivity contribution is -0.145. The summed E-state index contributed by atoms with van der Waals surface area (Å²) in [5, 5.41) is 11.6. The summed E-state index contributed by atoms with van der Waals surface area (Å²) in [5.41, 5.74) is 0. The first-order valence-electron chi connectivity index (χ1n) is 6.78. The molecule has 0 spiro atoms. The van der Waals surface area contributed by atoms with Gasteiger partial charge in [-0.1, -0.05) is 6.42 Å². The molecule has 0 aromatic carbocycles. The molecule has 1 aliphatic carbocycles. The Kier molecular flexibility index (Phi) is 6.80. The molecular formula is C13H24N2O4. The average molecular weight is 272 g/mol. The summed E-state index contributed by atoms with van der Waals surface area (Å²) in [6.07, 6.45) is 4.09. The Labute approximate surface area is 114 Å². The van der Waals surface area contributed by atoms with Gasteiger partial charge in [-0.15, -0.1) is 0 Å². The number of aliphatic hydroxyl groups is 1. The Bertz CT molecular complexity index is 305. The highest BCUT2D eigenvalue weighted by Gasteiger charge is 2.30. The third-order valence-corrected chi connectivity index (χ3v) is 3.47. The minimum Gasteiger partial charge on any atom is -0.467 e. The average Bonchev–Trinajstić information content (AvgIpc) is 2.31. The number of methoxy groups -OCH3 is 1. The van der Waals surface area contributed by atoms with Crippen LogP contribution in [-0.4, -0.2) is 60.8 Å². The number of aliphatic hydroxyl groups excluding tert-OH is 1. The van der Waals surface area contributed by atoms with Crippen LogP contribution in [0.15, 0.2) is 0 Å². The van der Waals surface area contributed by atoms with E-state index in [1.54, 1.807) is 0 Å². The number of ether oxygens (including phenoxy) is 1. The number of hydrogen-bond acceptors (Lipinski definition) is 5. The van der Waals surface area contributed by atoms with Crippen molar-refractivity contribution in [2.45, 2.75) is 44.7 Å². The van der Waals surface area contributed by atoms with Crippen LogP contribution >= 0.6 is 0 Å². The van der Waals surface area contributed by atoms with E-state index in [2.05, 4.69) is 10.2 Å². The lowest BCUT2D eigenvalue weighted by Gasteiger charge is -2.39. The number of esters is 1. The summed E-state index contributed by atoms with van der Waals surface area (Å²) in [7, 11) is 1.32. The second-order valence-electron chi connectivity index (χ2n) is 4.93. The van der Waals surface area contributed by atoms with Crippen LogP contribution in [0.1, 0.15) is 32.6 Å². The van der Waals surface area contributed by atoms with Crippen molar-refractivity contribution >= 4 is 11.9 Å². The highest BCUT2D eigenvalue weighted by molar-refractivity contribution is 5.83. The fourth-order valence-corrected chi connectivity index (χ4v) is 2.25. The maximum Gasteiger partial charge on any atom is 0.329 e.